The first-order valence-corrected chi connectivity index (χ1v) is 8.36. The molecule has 0 radical (unpaired) electrons. The van der Waals surface area contributed by atoms with Gasteiger partial charge in [0.25, 0.3) is 0 Å². The topological polar surface area (TPSA) is 37.3 Å². The van der Waals surface area contributed by atoms with E-state index in [0.29, 0.717) is 5.92 Å². The Hall–Kier alpha value is -1.83. The van der Waals surface area contributed by atoms with Gasteiger partial charge in [-0.25, -0.2) is 0 Å². The van der Waals surface area contributed by atoms with Crippen molar-refractivity contribution >= 4 is 11.5 Å². The van der Waals surface area contributed by atoms with Crippen molar-refractivity contribution in [2.45, 2.75) is 44.9 Å². The Morgan fingerprint density at radius 1 is 1.14 bits per heavy atom. The highest BCUT2D eigenvalue weighted by atomic mass is 16.4. The highest BCUT2D eigenvalue weighted by molar-refractivity contribution is 5.76. The number of rotatable bonds is 4. The van der Waals surface area contributed by atoms with E-state index in [2.05, 4.69) is 30.4 Å². The molecule has 0 amide bonds. The van der Waals surface area contributed by atoms with Crippen LogP contribution in [0.3, 0.4) is 0 Å². The molecule has 1 aromatic carbocycles. The van der Waals surface area contributed by atoms with Gasteiger partial charge in [-0.3, -0.25) is 4.79 Å². The van der Waals surface area contributed by atoms with Crippen LogP contribution in [0.25, 0.3) is 5.57 Å². The lowest BCUT2D eigenvalue weighted by molar-refractivity contribution is -0.140. The smallest absolute Gasteiger partial charge is 0.304 e. The van der Waals surface area contributed by atoms with Gasteiger partial charge >= 0.3 is 5.97 Å². The molecule has 2 aliphatic carbocycles. The van der Waals surface area contributed by atoms with Crippen LogP contribution in [-0.4, -0.2) is 11.1 Å². The van der Waals surface area contributed by atoms with E-state index in [1.165, 1.54) is 43.2 Å². The molecule has 1 saturated carbocycles. The Bertz CT molecular complexity index is 579. The summed E-state index contributed by atoms with van der Waals surface area (Å²) in [4.78, 5) is 11.4. The summed E-state index contributed by atoms with van der Waals surface area (Å²) in [7, 11) is 0. The molecule has 0 bridgehead atoms. The minimum atomic E-state index is -0.674. The number of carbonyl (C=O) groups is 1. The average Bonchev–Trinajstić information content (AvgIpc) is 2.56. The molecule has 0 heterocycles. The van der Waals surface area contributed by atoms with Crippen molar-refractivity contribution in [1.82, 2.24) is 0 Å². The molecule has 2 nitrogen and oxygen atoms in total. The molecular formula is C20H24O2. The van der Waals surface area contributed by atoms with Crippen LogP contribution in [0.1, 0.15) is 50.5 Å². The number of allylic oxidation sites excluding steroid dienone is 4. The van der Waals surface area contributed by atoms with Crippen molar-refractivity contribution in [3.63, 3.8) is 0 Å². The maximum atomic E-state index is 11.4. The summed E-state index contributed by atoms with van der Waals surface area (Å²) in [5.41, 5.74) is 2.26. The molecule has 1 N–H and O–H groups in total. The van der Waals surface area contributed by atoms with Crippen molar-refractivity contribution in [3.05, 3.63) is 54.1 Å². The van der Waals surface area contributed by atoms with Crippen molar-refractivity contribution in [3.8, 4) is 0 Å². The standard InChI is InChI=1S/C20H24O2/c21-19(22)15-20(18-9-5-2-6-10-18)13-11-17(12-14-20)16-7-3-1-4-8-16/h1,3-4,7-8,11-13,18H,2,5-6,9-10,14-15H2,(H,21,22). The second-order valence-corrected chi connectivity index (χ2v) is 6.70. The van der Waals surface area contributed by atoms with Crippen molar-refractivity contribution in [1.29, 1.82) is 0 Å². The van der Waals surface area contributed by atoms with E-state index in [1.807, 2.05) is 18.2 Å². The van der Waals surface area contributed by atoms with E-state index in [9.17, 15) is 9.90 Å². The van der Waals surface area contributed by atoms with E-state index in [1.54, 1.807) is 0 Å². The van der Waals surface area contributed by atoms with Gasteiger partial charge in [-0.15, -0.1) is 0 Å². The Kier molecular flexibility index (Phi) is 4.47. The minimum Gasteiger partial charge on any atom is -0.481 e. The average molecular weight is 296 g/mol. The largest absolute Gasteiger partial charge is 0.481 e. The Morgan fingerprint density at radius 2 is 1.86 bits per heavy atom. The molecule has 2 heteroatoms. The predicted molar refractivity (Wildman–Crippen MR) is 89.4 cm³/mol. The molecule has 0 spiro atoms. The van der Waals surface area contributed by atoms with Crippen LogP contribution < -0.4 is 0 Å². The van der Waals surface area contributed by atoms with Crippen LogP contribution in [0.4, 0.5) is 0 Å². The molecule has 1 unspecified atom stereocenters. The summed E-state index contributed by atoms with van der Waals surface area (Å²) in [6.07, 6.45) is 13.8. The molecule has 116 valence electrons. The number of carboxylic acids is 1. The molecule has 22 heavy (non-hydrogen) atoms. The molecule has 0 aliphatic heterocycles. The highest BCUT2D eigenvalue weighted by Crippen LogP contribution is 2.47. The fraction of sp³-hybridized carbons (Fsp3) is 0.450. The van der Waals surface area contributed by atoms with E-state index in [0.717, 1.165) is 6.42 Å². The third-order valence-corrected chi connectivity index (χ3v) is 5.30. The van der Waals surface area contributed by atoms with Crippen molar-refractivity contribution < 1.29 is 9.90 Å². The molecule has 1 aromatic rings. The monoisotopic (exact) mass is 296 g/mol. The molecular weight excluding hydrogens is 272 g/mol. The second-order valence-electron chi connectivity index (χ2n) is 6.70. The minimum absolute atomic E-state index is 0.176. The summed E-state index contributed by atoms with van der Waals surface area (Å²) < 4.78 is 0. The lowest BCUT2D eigenvalue weighted by Crippen LogP contribution is -2.33. The maximum Gasteiger partial charge on any atom is 0.304 e. The number of carboxylic acid groups (broad SMARTS) is 1. The van der Waals surface area contributed by atoms with Gasteiger partial charge in [0.15, 0.2) is 0 Å². The molecule has 1 fully saturated rings. The van der Waals surface area contributed by atoms with Crippen LogP contribution in [0.2, 0.25) is 0 Å². The SMILES string of the molecule is O=C(O)CC1(C2CCCCC2)C=CC(c2ccccc2)=CC1. The first-order chi connectivity index (χ1) is 10.7. The van der Waals surface area contributed by atoms with Crippen molar-refractivity contribution in [2.75, 3.05) is 0 Å². The molecule has 0 saturated heterocycles. The van der Waals surface area contributed by atoms with Gasteiger partial charge in [-0.2, -0.15) is 0 Å². The van der Waals surface area contributed by atoms with Gasteiger partial charge in [-0.05, 0) is 36.3 Å². The van der Waals surface area contributed by atoms with Crippen LogP contribution in [0.15, 0.2) is 48.6 Å². The van der Waals surface area contributed by atoms with Gasteiger partial charge in [0.05, 0.1) is 6.42 Å². The zero-order valence-corrected chi connectivity index (χ0v) is 13.0. The fourth-order valence-electron chi connectivity index (χ4n) is 4.07. The Balaban J connectivity index is 1.83. The van der Waals surface area contributed by atoms with Gasteiger partial charge in [0, 0.05) is 5.41 Å². The molecule has 3 rings (SSSR count). The van der Waals surface area contributed by atoms with E-state index < -0.39 is 5.97 Å². The second kappa shape index (κ2) is 6.51. The number of hydrogen-bond donors (Lipinski definition) is 1. The number of aliphatic carboxylic acids is 1. The first kappa shape index (κ1) is 15.1. The van der Waals surface area contributed by atoms with Crippen LogP contribution in [0, 0.1) is 11.3 Å². The van der Waals surface area contributed by atoms with Gasteiger partial charge in [0.1, 0.15) is 0 Å². The summed E-state index contributed by atoms with van der Waals surface area (Å²) in [5, 5.41) is 9.39. The third kappa shape index (κ3) is 3.16. The van der Waals surface area contributed by atoms with Crippen molar-refractivity contribution in [2.24, 2.45) is 11.3 Å². The van der Waals surface area contributed by atoms with Gasteiger partial charge < -0.3 is 5.11 Å². The fourth-order valence-corrected chi connectivity index (χ4v) is 4.07. The zero-order chi connectivity index (χ0) is 15.4. The summed E-state index contributed by atoms with van der Waals surface area (Å²) in [6, 6.07) is 10.3. The van der Waals surface area contributed by atoms with Gasteiger partial charge in [0.2, 0.25) is 0 Å². The Morgan fingerprint density at radius 3 is 2.45 bits per heavy atom. The van der Waals surface area contributed by atoms with E-state index in [4.69, 9.17) is 0 Å². The number of benzene rings is 1. The molecule has 0 aromatic heterocycles. The maximum absolute atomic E-state index is 11.4. The number of hydrogen-bond acceptors (Lipinski definition) is 1. The lowest BCUT2D eigenvalue weighted by Gasteiger charge is -2.41. The lowest BCUT2D eigenvalue weighted by atomic mass is 9.63. The van der Waals surface area contributed by atoms with Gasteiger partial charge in [-0.1, -0.05) is 67.8 Å². The van der Waals surface area contributed by atoms with Crippen LogP contribution >= 0.6 is 0 Å². The predicted octanol–water partition coefficient (Wildman–Crippen LogP) is 5.07. The van der Waals surface area contributed by atoms with Crippen LogP contribution in [-0.2, 0) is 4.79 Å². The Labute approximate surface area is 132 Å². The summed E-state index contributed by atoms with van der Waals surface area (Å²) in [5.74, 6) is -0.158. The highest BCUT2D eigenvalue weighted by Gasteiger charge is 2.39. The van der Waals surface area contributed by atoms with Crippen LogP contribution in [0.5, 0.6) is 0 Å². The first-order valence-electron chi connectivity index (χ1n) is 8.36. The molecule has 1 atom stereocenters. The van der Waals surface area contributed by atoms with E-state index in [-0.39, 0.29) is 11.8 Å². The van der Waals surface area contributed by atoms with E-state index >= 15 is 0 Å². The summed E-state index contributed by atoms with van der Waals surface area (Å²) >= 11 is 0. The normalized spacial score (nSPS) is 25.7. The quantitative estimate of drug-likeness (QED) is 0.842. The summed E-state index contributed by atoms with van der Waals surface area (Å²) in [6.45, 7) is 0. The zero-order valence-electron chi connectivity index (χ0n) is 13.0. The molecule has 2 aliphatic rings. The third-order valence-electron chi connectivity index (χ3n) is 5.30.